The Kier molecular flexibility index (Phi) is 3.50. The van der Waals surface area contributed by atoms with Crippen molar-refractivity contribution in [2.75, 3.05) is 6.26 Å². The summed E-state index contributed by atoms with van der Waals surface area (Å²) in [5, 5.41) is 1.99. The summed E-state index contributed by atoms with van der Waals surface area (Å²) < 4.78 is 24.0. The van der Waals surface area contributed by atoms with Crippen LogP contribution in [0.25, 0.3) is 28.1 Å². The first kappa shape index (κ1) is 15.1. The van der Waals surface area contributed by atoms with Gasteiger partial charge in [0.2, 0.25) is 0 Å². The molecule has 1 aromatic heterocycles. The highest BCUT2D eigenvalue weighted by Gasteiger charge is 2.17. The van der Waals surface area contributed by atoms with E-state index in [0.717, 1.165) is 40.6 Å². The molecule has 0 N–H and O–H groups in total. The SMILES string of the molecule is CS(=O)(=O)c1ccc2c3c(nc(-c4ccccc4)c2c1)C=CCC3. The Balaban J connectivity index is 2.11. The van der Waals surface area contributed by atoms with E-state index >= 15 is 0 Å². The molecule has 0 aliphatic heterocycles. The van der Waals surface area contributed by atoms with E-state index < -0.39 is 9.84 Å². The molecule has 0 atom stereocenters. The first-order chi connectivity index (χ1) is 11.5. The van der Waals surface area contributed by atoms with Crippen molar-refractivity contribution < 1.29 is 8.42 Å². The summed E-state index contributed by atoms with van der Waals surface area (Å²) in [6, 6.07) is 15.3. The van der Waals surface area contributed by atoms with Crippen LogP contribution in [-0.2, 0) is 16.3 Å². The molecule has 120 valence electrons. The zero-order valence-electron chi connectivity index (χ0n) is 13.4. The highest BCUT2D eigenvalue weighted by molar-refractivity contribution is 7.90. The molecule has 3 aromatic rings. The van der Waals surface area contributed by atoms with Gasteiger partial charge in [-0.1, -0.05) is 42.5 Å². The van der Waals surface area contributed by atoms with Gasteiger partial charge < -0.3 is 0 Å². The summed E-state index contributed by atoms with van der Waals surface area (Å²) in [6.45, 7) is 0. The van der Waals surface area contributed by atoms with E-state index in [0.29, 0.717) is 4.90 Å². The molecule has 24 heavy (non-hydrogen) atoms. The molecule has 0 unspecified atom stereocenters. The third kappa shape index (κ3) is 2.53. The molecule has 1 aliphatic carbocycles. The van der Waals surface area contributed by atoms with E-state index in [4.69, 9.17) is 4.98 Å². The fourth-order valence-corrected chi connectivity index (χ4v) is 3.89. The summed E-state index contributed by atoms with van der Waals surface area (Å²) in [5.74, 6) is 0. The van der Waals surface area contributed by atoms with Crippen molar-refractivity contribution in [3.05, 3.63) is 65.9 Å². The zero-order chi connectivity index (χ0) is 16.7. The molecule has 0 bridgehead atoms. The number of sulfone groups is 1. The minimum atomic E-state index is -3.26. The molecule has 4 heteroatoms. The van der Waals surface area contributed by atoms with Crippen LogP contribution in [0.15, 0.2) is 59.5 Å². The lowest BCUT2D eigenvalue weighted by molar-refractivity contribution is 0.602. The van der Waals surface area contributed by atoms with Crippen LogP contribution >= 0.6 is 0 Å². The Morgan fingerprint density at radius 3 is 2.54 bits per heavy atom. The smallest absolute Gasteiger partial charge is 0.175 e. The minimum absolute atomic E-state index is 0.334. The maximum atomic E-state index is 12.0. The van der Waals surface area contributed by atoms with Crippen LogP contribution in [0.1, 0.15) is 17.7 Å². The first-order valence-corrected chi connectivity index (χ1v) is 9.82. The number of hydrogen-bond donors (Lipinski definition) is 0. The van der Waals surface area contributed by atoms with Crippen molar-refractivity contribution in [1.29, 1.82) is 0 Å². The van der Waals surface area contributed by atoms with Crippen LogP contribution in [-0.4, -0.2) is 19.7 Å². The van der Waals surface area contributed by atoms with Crippen LogP contribution < -0.4 is 0 Å². The highest BCUT2D eigenvalue weighted by Crippen LogP contribution is 2.34. The van der Waals surface area contributed by atoms with Gasteiger partial charge in [-0.3, -0.25) is 0 Å². The summed E-state index contributed by atoms with van der Waals surface area (Å²) in [7, 11) is -3.26. The van der Waals surface area contributed by atoms with Crippen LogP contribution in [0.4, 0.5) is 0 Å². The monoisotopic (exact) mass is 335 g/mol. The van der Waals surface area contributed by atoms with E-state index in [9.17, 15) is 8.42 Å². The van der Waals surface area contributed by atoms with Gasteiger partial charge in [-0.2, -0.15) is 0 Å². The molecule has 0 amide bonds. The third-order valence-corrected chi connectivity index (χ3v) is 5.54. The van der Waals surface area contributed by atoms with Gasteiger partial charge in [0.15, 0.2) is 9.84 Å². The normalized spacial score (nSPS) is 13.9. The molecular weight excluding hydrogens is 318 g/mol. The molecule has 0 saturated carbocycles. The van der Waals surface area contributed by atoms with Gasteiger partial charge in [-0.15, -0.1) is 0 Å². The Hall–Kier alpha value is -2.46. The molecule has 3 nitrogen and oxygen atoms in total. The number of fused-ring (bicyclic) bond motifs is 3. The second-order valence-corrected chi connectivity index (χ2v) is 8.13. The average Bonchev–Trinajstić information content (AvgIpc) is 2.60. The van der Waals surface area contributed by atoms with Crippen LogP contribution in [0.3, 0.4) is 0 Å². The number of hydrogen-bond acceptors (Lipinski definition) is 3. The standard InChI is InChI=1S/C20H17NO2S/c1-24(22,23)15-11-12-16-17-9-5-6-10-19(17)21-20(18(16)13-15)14-7-3-2-4-8-14/h2-4,6-8,10-13H,5,9H2,1H3. The molecule has 0 spiro atoms. The fourth-order valence-electron chi connectivity index (χ4n) is 3.24. The molecule has 1 heterocycles. The first-order valence-electron chi connectivity index (χ1n) is 7.93. The predicted octanol–water partition coefficient (Wildman–Crippen LogP) is 4.26. The molecule has 0 radical (unpaired) electrons. The maximum Gasteiger partial charge on any atom is 0.175 e. The highest BCUT2D eigenvalue weighted by atomic mass is 32.2. The second-order valence-electron chi connectivity index (χ2n) is 6.11. The van der Waals surface area contributed by atoms with Gasteiger partial charge in [0, 0.05) is 17.2 Å². The van der Waals surface area contributed by atoms with Gasteiger partial charge in [0.1, 0.15) is 0 Å². The van der Waals surface area contributed by atoms with E-state index in [2.05, 4.69) is 12.2 Å². The van der Waals surface area contributed by atoms with Crippen molar-refractivity contribution in [2.45, 2.75) is 17.7 Å². The molecule has 0 saturated heterocycles. The predicted molar refractivity (Wildman–Crippen MR) is 97.6 cm³/mol. The number of allylic oxidation sites excluding steroid dienone is 1. The fraction of sp³-hybridized carbons (Fsp3) is 0.150. The summed E-state index contributed by atoms with van der Waals surface area (Å²) >= 11 is 0. The van der Waals surface area contributed by atoms with E-state index in [-0.39, 0.29) is 0 Å². The van der Waals surface area contributed by atoms with Crippen LogP contribution in [0.2, 0.25) is 0 Å². The maximum absolute atomic E-state index is 12.0. The molecule has 1 aliphatic rings. The van der Waals surface area contributed by atoms with Gasteiger partial charge in [-0.05, 0) is 42.0 Å². The number of nitrogens with zero attached hydrogens (tertiary/aromatic N) is 1. The molecular formula is C20H17NO2S. The average molecular weight is 335 g/mol. The molecule has 4 rings (SSSR count). The second kappa shape index (κ2) is 5.56. The van der Waals surface area contributed by atoms with Crippen molar-refractivity contribution in [2.24, 2.45) is 0 Å². The van der Waals surface area contributed by atoms with E-state index in [1.54, 1.807) is 12.1 Å². The lowest BCUT2D eigenvalue weighted by Crippen LogP contribution is -2.03. The summed E-state index contributed by atoms with van der Waals surface area (Å²) in [4.78, 5) is 5.19. The summed E-state index contributed by atoms with van der Waals surface area (Å²) in [6.07, 6.45) is 7.37. The van der Waals surface area contributed by atoms with Gasteiger partial charge in [-0.25, -0.2) is 13.4 Å². The van der Waals surface area contributed by atoms with Crippen LogP contribution in [0.5, 0.6) is 0 Å². The summed E-state index contributed by atoms with van der Waals surface area (Å²) in [5.41, 5.74) is 4.02. The third-order valence-electron chi connectivity index (χ3n) is 4.42. The van der Waals surface area contributed by atoms with Crippen molar-refractivity contribution >= 4 is 26.7 Å². The van der Waals surface area contributed by atoms with E-state index in [1.807, 2.05) is 36.4 Å². The van der Waals surface area contributed by atoms with E-state index in [1.165, 1.54) is 11.8 Å². The number of pyridine rings is 1. The lowest BCUT2D eigenvalue weighted by Gasteiger charge is -2.17. The number of aromatic nitrogens is 1. The number of benzene rings is 2. The molecule has 2 aromatic carbocycles. The van der Waals surface area contributed by atoms with Crippen molar-refractivity contribution in [3.8, 4) is 11.3 Å². The lowest BCUT2D eigenvalue weighted by atomic mass is 9.93. The van der Waals surface area contributed by atoms with Gasteiger partial charge in [0.25, 0.3) is 0 Å². The Morgan fingerprint density at radius 1 is 1.00 bits per heavy atom. The Labute approximate surface area is 141 Å². The van der Waals surface area contributed by atoms with Gasteiger partial charge in [0.05, 0.1) is 16.3 Å². The van der Waals surface area contributed by atoms with Crippen molar-refractivity contribution in [3.63, 3.8) is 0 Å². The number of aryl methyl sites for hydroxylation is 1. The quantitative estimate of drug-likeness (QED) is 0.703. The Morgan fingerprint density at radius 2 is 1.79 bits per heavy atom. The number of rotatable bonds is 2. The van der Waals surface area contributed by atoms with Crippen LogP contribution in [0, 0.1) is 0 Å². The topological polar surface area (TPSA) is 47.0 Å². The zero-order valence-corrected chi connectivity index (χ0v) is 14.2. The Bertz CT molecular complexity index is 1070. The minimum Gasteiger partial charge on any atom is -0.247 e. The largest absolute Gasteiger partial charge is 0.247 e. The van der Waals surface area contributed by atoms with Gasteiger partial charge >= 0.3 is 0 Å². The van der Waals surface area contributed by atoms with Crippen molar-refractivity contribution in [1.82, 2.24) is 4.98 Å². The molecule has 0 fully saturated rings.